The molecule has 0 amide bonds. The number of carboxylic acid groups (broad SMARTS) is 2. The first kappa shape index (κ1) is 27.1. The highest BCUT2D eigenvalue weighted by molar-refractivity contribution is 5.33. The van der Waals surface area contributed by atoms with Crippen molar-refractivity contribution in [3.8, 4) is 5.75 Å². The number of likely N-dealkylation sites (tertiary alicyclic amines) is 2. The highest BCUT2D eigenvalue weighted by Crippen LogP contribution is 2.38. The van der Waals surface area contributed by atoms with Crippen molar-refractivity contribution in [2.24, 2.45) is 17.8 Å². The summed E-state index contributed by atoms with van der Waals surface area (Å²) in [6.45, 7) is 9.67. The van der Waals surface area contributed by atoms with E-state index in [9.17, 15) is 5.11 Å². The van der Waals surface area contributed by atoms with E-state index >= 15 is 0 Å². The van der Waals surface area contributed by atoms with Crippen molar-refractivity contribution >= 4 is 12.9 Å². The van der Waals surface area contributed by atoms with Crippen LogP contribution in [0.25, 0.3) is 0 Å². The summed E-state index contributed by atoms with van der Waals surface area (Å²) in [5.74, 6) is 3.27. The van der Waals surface area contributed by atoms with Crippen LogP contribution in [0, 0.1) is 17.8 Å². The average Bonchev–Trinajstić information content (AvgIpc) is 3.30. The van der Waals surface area contributed by atoms with Gasteiger partial charge in [0.2, 0.25) is 0 Å². The molecular weight excluding hydrogens is 424 g/mol. The molecule has 0 bridgehead atoms. The number of nitrogens with zero attached hydrogens (tertiary/aromatic N) is 2. The third-order valence-electron chi connectivity index (χ3n) is 6.76. The summed E-state index contributed by atoms with van der Waals surface area (Å²) in [4.78, 5) is 21.9. The molecule has 2 heterocycles. The lowest BCUT2D eigenvalue weighted by molar-refractivity contribution is -0.123. The number of benzene rings is 1. The standard InChI is InChI=1S/C23H36N2O2.2CH2O2/c1-18-4-2-9-24(14-18)10-3-11-27-23-7-5-19(6-8-23)15-25-16-20-12-22(26)13-21(20)17-25;2*2-1-3/h5-8,18,20-22,26H,2-4,9-17H2,1H3;2*1H,(H,2,3)/t18?,20-,21+,22?;;. The molecule has 4 rings (SSSR count). The molecule has 1 saturated carbocycles. The van der Waals surface area contributed by atoms with Crippen LogP contribution in [0.15, 0.2) is 24.3 Å². The number of hydrogen-bond donors (Lipinski definition) is 3. The van der Waals surface area contributed by atoms with E-state index in [2.05, 4.69) is 41.0 Å². The minimum absolute atomic E-state index is 0.0445. The Morgan fingerprint density at radius 1 is 1.00 bits per heavy atom. The molecule has 0 spiro atoms. The van der Waals surface area contributed by atoms with Gasteiger partial charge in [0, 0.05) is 32.7 Å². The van der Waals surface area contributed by atoms with Crippen LogP contribution in [0.2, 0.25) is 0 Å². The Kier molecular flexibility index (Phi) is 12.2. The van der Waals surface area contributed by atoms with Gasteiger partial charge < -0.3 is 25.0 Å². The molecule has 0 radical (unpaired) electrons. The Bertz CT molecular complexity index is 666. The van der Waals surface area contributed by atoms with Gasteiger partial charge in [-0.05, 0) is 74.1 Å². The molecule has 8 nitrogen and oxygen atoms in total. The first-order chi connectivity index (χ1) is 16.0. The molecule has 1 aromatic carbocycles. The highest BCUT2D eigenvalue weighted by atomic mass is 16.5. The van der Waals surface area contributed by atoms with Crippen molar-refractivity contribution in [2.45, 2.75) is 51.7 Å². The van der Waals surface area contributed by atoms with E-state index in [0.29, 0.717) is 11.8 Å². The highest BCUT2D eigenvalue weighted by Gasteiger charge is 2.39. The van der Waals surface area contributed by atoms with E-state index < -0.39 is 0 Å². The number of aliphatic hydroxyl groups is 1. The summed E-state index contributed by atoms with van der Waals surface area (Å²) in [5.41, 5.74) is 1.37. The van der Waals surface area contributed by atoms with Crippen LogP contribution >= 0.6 is 0 Å². The topological polar surface area (TPSA) is 111 Å². The van der Waals surface area contributed by atoms with Gasteiger partial charge in [0.15, 0.2) is 0 Å². The van der Waals surface area contributed by atoms with E-state index in [0.717, 1.165) is 63.7 Å². The van der Waals surface area contributed by atoms with Crippen molar-refractivity contribution in [1.82, 2.24) is 9.80 Å². The molecule has 8 heteroatoms. The molecule has 186 valence electrons. The normalized spacial score (nSPS) is 26.8. The van der Waals surface area contributed by atoms with Crippen molar-refractivity contribution < 1.29 is 29.6 Å². The molecule has 2 saturated heterocycles. The summed E-state index contributed by atoms with van der Waals surface area (Å²) in [6.07, 6.45) is 5.81. The van der Waals surface area contributed by atoms with E-state index in [1.165, 1.54) is 31.5 Å². The average molecular weight is 465 g/mol. The number of piperidine rings is 1. The van der Waals surface area contributed by atoms with Crippen LogP contribution in [0.4, 0.5) is 0 Å². The van der Waals surface area contributed by atoms with Gasteiger partial charge in [-0.1, -0.05) is 19.1 Å². The van der Waals surface area contributed by atoms with Crippen molar-refractivity contribution in [2.75, 3.05) is 39.3 Å². The Balaban J connectivity index is 0.000000582. The van der Waals surface area contributed by atoms with Crippen LogP contribution in [-0.2, 0) is 16.1 Å². The van der Waals surface area contributed by atoms with E-state index in [1.807, 2.05) is 0 Å². The van der Waals surface area contributed by atoms with Crippen LogP contribution in [0.5, 0.6) is 5.75 Å². The summed E-state index contributed by atoms with van der Waals surface area (Å²) in [7, 11) is 0. The minimum Gasteiger partial charge on any atom is -0.494 e. The van der Waals surface area contributed by atoms with Gasteiger partial charge in [-0.25, -0.2) is 0 Å². The lowest BCUT2D eigenvalue weighted by Gasteiger charge is -2.30. The fraction of sp³-hybridized carbons (Fsp3) is 0.680. The minimum atomic E-state index is -0.250. The maximum Gasteiger partial charge on any atom is 0.290 e. The summed E-state index contributed by atoms with van der Waals surface area (Å²) in [6, 6.07) is 8.67. The molecule has 4 atom stereocenters. The Morgan fingerprint density at radius 3 is 2.18 bits per heavy atom. The van der Waals surface area contributed by atoms with Gasteiger partial charge in [-0.3, -0.25) is 14.5 Å². The maximum absolute atomic E-state index is 9.78. The van der Waals surface area contributed by atoms with E-state index in [4.69, 9.17) is 24.5 Å². The number of ether oxygens (including phenoxy) is 1. The molecule has 3 N–H and O–H groups in total. The molecule has 2 aliphatic heterocycles. The molecule has 1 aromatic rings. The number of fused-ring (bicyclic) bond motifs is 1. The third-order valence-corrected chi connectivity index (χ3v) is 6.76. The van der Waals surface area contributed by atoms with Crippen LogP contribution in [0.3, 0.4) is 0 Å². The summed E-state index contributed by atoms with van der Waals surface area (Å²) in [5, 5.41) is 23.6. The largest absolute Gasteiger partial charge is 0.494 e. The number of hydrogen-bond acceptors (Lipinski definition) is 6. The lowest BCUT2D eigenvalue weighted by atomic mass is 10.0. The molecule has 33 heavy (non-hydrogen) atoms. The zero-order valence-corrected chi connectivity index (χ0v) is 19.7. The lowest BCUT2D eigenvalue weighted by Crippen LogP contribution is -2.35. The fourth-order valence-electron chi connectivity index (χ4n) is 5.41. The second-order valence-electron chi connectivity index (χ2n) is 9.44. The molecule has 3 fully saturated rings. The number of rotatable bonds is 7. The molecule has 0 aromatic heterocycles. The Hall–Kier alpha value is -2.16. The quantitative estimate of drug-likeness (QED) is 0.417. The smallest absolute Gasteiger partial charge is 0.290 e. The number of aliphatic hydroxyl groups excluding tert-OH is 1. The zero-order valence-electron chi connectivity index (χ0n) is 19.7. The van der Waals surface area contributed by atoms with Gasteiger partial charge in [0.1, 0.15) is 5.75 Å². The fourth-order valence-corrected chi connectivity index (χ4v) is 5.41. The Morgan fingerprint density at radius 2 is 1.61 bits per heavy atom. The second-order valence-corrected chi connectivity index (χ2v) is 9.44. The van der Waals surface area contributed by atoms with Crippen molar-refractivity contribution in [1.29, 1.82) is 0 Å². The van der Waals surface area contributed by atoms with Crippen molar-refractivity contribution in [3.05, 3.63) is 29.8 Å². The Labute approximate surface area is 197 Å². The van der Waals surface area contributed by atoms with E-state index in [1.54, 1.807) is 0 Å². The predicted molar refractivity (Wildman–Crippen MR) is 126 cm³/mol. The monoisotopic (exact) mass is 464 g/mol. The van der Waals surface area contributed by atoms with Gasteiger partial charge in [0.25, 0.3) is 12.9 Å². The van der Waals surface area contributed by atoms with Crippen molar-refractivity contribution in [3.63, 3.8) is 0 Å². The second kappa shape index (κ2) is 14.9. The third kappa shape index (κ3) is 9.70. The first-order valence-electron chi connectivity index (χ1n) is 12.0. The molecule has 1 aliphatic carbocycles. The summed E-state index contributed by atoms with van der Waals surface area (Å²) >= 11 is 0. The number of carbonyl (C=O) groups is 2. The summed E-state index contributed by atoms with van der Waals surface area (Å²) < 4.78 is 5.95. The first-order valence-corrected chi connectivity index (χ1v) is 12.0. The molecule has 2 unspecified atom stereocenters. The van der Waals surface area contributed by atoms with Gasteiger partial charge in [0.05, 0.1) is 12.7 Å². The van der Waals surface area contributed by atoms with E-state index in [-0.39, 0.29) is 19.0 Å². The SMILES string of the molecule is CC1CCCN(CCCOc2ccc(CN3C[C@H]4CC(O)C[C@H]4C3)cc2)C1.O=CO.O=CO. The van der Waals surface area contributed by atoms with Gasteiger partial charge in [-0.2, -0.15) is 0 Å². The van der Waals surface area contributed by atoms with Crippen LogP contribution in [-0.4, -0.2) is 83.5 Å². The van der Waals surface area contributed by atoms with Crippen LogP contribution < -0.4 is 4.74 Å². The maximum atomic E-state index is 9.78. The van der Waals surface area contributed by atoms with Gasteiger partial charge >= 0.3 is 0 Å². The molecule has 3 aliphatic rings. The molecular formula is C25H40N2O6. The predicted octanol–water partition coefficient (Wildman–Crippen LogP) is 2.79. The van der Waals surface area contributed by atoms with Gasteiger partial charge in [-0.15, -0.1) is 0 Å². The zero-order chi connectivity index (χ0) is 24.1. The van der Waals surface area contributed by atoms with Crippen LogP contribution in [0.1, 0.15) is 44.6 Å².